The molecule has 0 aliphatic rings. The van der Waals surface area contributed by atoms with Crippen LogP contribution in [0.2, 0.25) is 0 Å². The number of imidazole rings is 1. The second-order valence-electron chi connectivity index (χ2n) is 5.45. The molecule has 0 aliphatic heterocycles. The number of fused-ring (bicyclic) bond motifs is 1. The lowest BCUT2D eigenvalue weighted by molar-refractivity contribution is -0.275. The zero-order valence-corrected chi connectivity index (χ0v) is 14.6. The zero-order valence-electron chi connectivity index (χ0n) is 13.8. The predicted molar refractivity (Wildman–Crippen MR) is 92.8 cm³/mol. The first-order chi connectivity index (χ1) is 12.7. The average Bonchev–Trinajstić information content (AvgIpc) is 2.96. The van der Waals surface area contributed by atoms with Gasteiger partial charge in [0, 0.05) is 17.4 Å². The SMILES string of the molecule is Cc1cc2nc(SCC(=O)Nc3ccc(OC(F)(F)F)c(O)c3)[nH]c2cn1. The van der Waals surface area contributed by atoms with E-state index in [-0.39, 0.29) is 11.4 Å². The van der Waals surface area contributed by atoms with Crippen molar-refractivity contribution in [2.45, 2.75) is 18.4 Å². The van der Waals surface area contributed by atoms with Crippen LogP contribution >= 0.6 is 11.8 Å². The number of amides is 1. The van der Waals surface area contributed by atoms with Crippen LogP contribution in [0.15, 0.2) is 35.6 Å². The molecule has 3 rings (SSSR count). The van der Waals surface area contributed by atoms with Gasteiger partial charge in [0.25, 0.3) is 0 Å². The minimum Gasteiger partial charge on any atom is -0.504 e. The van der Waals surface area contributed by atoms with E-state index >= 15 is 0 Å². The summed E-state index contributed by atoms with van der Waals surface area (Å²) >= 11 is 1.15. The molecular formula is C16H13F3N4O3S. The molecule has 3 aromatic rings. The van der Waals surface area contributed by atoms with Crippen molar-refractivity contribution in [3.05, 3.63) is 36.2 Å². The largest absolute Gasteiger partial charge is 0.573 e. The van der Waals surface area contributed by atoms with Crippen molar-refractivity contribution in [2.24, 2.45) is 0 Å². The highest BCUT2D eigenvalue weighted by Crippen LogP contribution is 2.33. The molecule has 0 fully saturated rings. The molecular weight excluding hydrogens is 385 g/mol. The van der Waals surface area contributed by atoms with Crippen molar-refractivity contribution < 1.29 is 27.8 Å². The quantitative estimate of drug-likeness (QED) is 0.568. The summed E-state index contributed by atoms with van der Waals surface area (Å²) in [5.41, 5.74) is 2.43. The number of rotatable bonds is 5. The monoisotopic (exact) mass is 398 g/mol. The number of halogens is 3. The van der Waals surface area contributed by atoms with Crippen LogP contribution in [0.3, 0.4) is 0 Å². The van der Waals surface area contributed by atoms with Gasteiger partial charge < -0.3 is 20.1 Å². The van der Waals surface area contributed by atoms with Crippen LogP contribution in [0.4, 0.5) is 18.9 Å². The third kappa shape index (κ3) is 5.03. The molecule has 11 heteroatoms. The van der Waals surface area contributed by atoms with Crippen LogP contribution in [-0.4, -0.2) is 38.1 Å². The van der Waals surface area contributed by atoms with Gasteiger partial charge in [-0.15, -0.1) is 13.2 Å². The fourth-order valence-electron chi connectivity index (χ4n) is 2.19. The first-order valence-corrected chi connectivity index (χ1v) is 8.52. The van der Waals surface area contributed by atoms with E-state index in [9.17, 15) is 23.1 Å². The molecule has 1 aromatic carbocycles. The highest BCUT2D eigenvalue weighted by Gasteiger charge is 2.32. The summed E-state index contributed by atoms with van der Waals surface area (Å²) in [6.45, 7) is 1.84. The number of nitrogens with zero attached hydrogens (tertiary/aromatic N) is 2. The Balaban J connectivity index is 1.59. The summed E-state index contributed by atoms with van der Waals surface area (Å²) < 4.78 is 40.2. The molecule has 0 saturated carbocycles. The van der Waals surface area contributed by atoms with Crippen molar-refractivity contribution >= 4 is 34.4 Å². The number of hydrogen-bond donors (Lipinski definition) is 3. The smallest absolute Gasteiger partial charge is 0.504 e. The number of pyridine rings is 1. The lowest BCUT2D eigenvalue weighted by atomic mass is 10.3. The highest BCUT2D eigenvalue weighted by molar-refractivity contribution is 7.99. The Morgan fingerprint density at radius 3 is 2.85 bits per heavy atom. The minimum atomic E-state index is -4.92. The summed E-state index contributed by atoms with van der Waals surface area (Å²) in [4.78, 5) is 23.5. The Kier molecular flexibility index (Phi) is 5.13. The van der Waals surface area contributed by atoms with E-state index in [1.54, 1.807) is 6.20 Å². The van der Waals surface area contributed by atoms with E-state index in [1.165, 1.54) is 6.07 Å². The molecule has 0 bridgehead atoms. The maximum absolute atomic E-state index is 12.2. The summed E-state index contributed by atoms with van der Waals surface area (Å²) in [6.07, 6.45) is -3.27. The number of aryl methyl sites for hydroxylation is 1. The van der Waals surface area contributed by atoms with Crippen molar-refractivity contribution in [2.75, 3.05) is 11.1 Å². The number of nitrogens with one attached hydrogen (secondary N) is 2. The number of carbonyl (C=O) groups is 1. The van der Waals surface area contributed by atoms with E-state index < -0.39 is 23.8 Å². The number of benzene rings is 1. The second kappa shape index (κ2) is 7.35. The van der Waals surface area contributed by atoms with Gasteiger partial charge in [0.1, 0.15) is 0 Å². The van der Waals surface area contributed by atoms with Gasteiger partial charge in [-0.3, -0.25) is 9.78 Å². The Morgan fingerprint density at radius 2 is 2.15 bits per heavy atom. The zero-order chi connectivity index (χ0) is 19.6. The van der Waals surface area contributed by atoms with Gasteiger partial charge in [0.05, 0.1) is 23.0 Å². The van der Waals surface area contributed by atoms with Gasteiger partial charge in [0.2, 0.25) is 5.91 Å². The van der Waals surface area contributed by atoms with Crippen molar-refractivity contribution in [3.8, 4) is 11.5 Å². The molecule has 2 aromatic heterocycles. The number of aromatic nitrogens is 3. The van der Waals surface area contributed by atoms with E-state index in [4.69, 9.17) is 0 Å². The molecule has 0 unspecified atom stereocenters. The minimum absolute atomic E-state index is 0.00774. The van der Waals surface area contributed by atoms with Gasteiger partial charge >= 0.3 is 6.36 Å². The van der Waals surface area contributed by atoms with E-state index in [0.717, 1.165) is 40.6 Å². The molecule has 142 valence electrons. The number of alkyl halides is 3. The topological polar surface area (TPSA) is 100 Å². The van der Waals surface area contributed by atoms with E-state index in [2.05, 4.69) is 25.0 Å². The third-order valence-electron chi connectivity index (χ3n) is 3.29. The van der Waals surface area contributed by atoms with Crippen LogP contribution in [0.5, 0.6) is 11.5 Å². The summed E-state index contributed by atoms with van der Waals surface area (Å²) in [7, 11) is 0. The van der Waals surface area contributed by atoms with Crippen molar-refractivity contribution in [1.29, 1.82) is 0 Å². The fraction of sp³-hybridized carbons (Fsp3) is 0.188. The summed E-state index contributed by atoms with van der Waals surface area (Å²) in [6, 6.07) is 4.89. The summed E-state index contributed by atoms with van der Waals surface area (Å²) in [5, 5.41) is 12.6. The van der Waals surface area contributed by atoms with Crippen LogP contribution in [0, 0.1) is 6.92 Å². The first-order valence-electron chi connectivity index (χ1n) is 7.53. The molecule has 0 saturated heterocycles. The number of aromatic hydroxyl groups is 1. The molecule has 3 N–H and O–H groups in total. The van der Waals surface area contributed by atoms with E-state index in [0.29, 0.717) is 5.16 Å². The highest BCUT2D eigenvalue weighted by atomic mass is 32.2. The number of hydrogen-bond acceptors (Lipinski definition) is 6. The molecule has 0 aliphatic carbocycles. The number of phenolic OH excluding ortho intramolecular Hbond substituents is 1. The number of H-pyrrole nitrogens is 1. The number of aromatic amines is 1. The maximum Gasteiger partial charge on any atom is 0.573 e. The van der Waals surface area contributed by atoms with Gasteiger partial charge in [-0.25, -0.2) is 4.98 Å². The Bertz CT molecular complexity index is 991. The fourth-order valence-corrected chi connectivity index (χ4v) is 2.88. The number of anilines is 1. The van der Waals surface area contributed by atoms with Crippen LogP contribution in [0.1, 0.15) is 5.69 Å². The Morgan fingerprint density at radius 1 is 1.37 bits per heavy atom. The van der Waals surface area contributed by atoms with Gasteiger partial charge in [-0.1, -0.05) is 11.8 Å². The second-order valence-corrected chi connectivity index (χ2v) is 6.42. The molecule has 1 amide bonds. The maximum atomic E-state index is 12.2. The number of thioether (sulfide) groups is 1. The predicted octanol–water partition coefficient (Wildman–Crippen LogP) is 3.60. The Labute approximate surface area is 155 Å². The lowest BCUT2D eigenvalue weighted by Crippen LogP contribution is -2.17. The number of ether oxygens (including phenoxy) is 1. The average molecular weight is 398 g/mol. The van der Waals surface area contributed by atoms with Crippen molar-refractivity contribution in [1.82, 2.24) is 15.0 Å². The van der Waals surface area contributed by atoms with Gasteiger partial charge in [-0.2, -0.15) is 0 Å². The number of carbonyl (C=O) groups excluding carboxylic acids is 1. The van der Waals surface area contributed by atoms with Gasteiger partial charge in [-0.05, 0) is 25.1 Å². The first kappa shape index (κ1) is 18.8. The lowest BCUT2D eigenvalue weighted by Gasteiger charge is -2.11. The third-order valence-corrected chi connectivity index (χ3v) is 4.16. The summed E-state index contributed by atoms with van der Waals surface area (Å²) in [5.74, 6) is -1.90. The van der Waals surface area contributed by atoms with Crippen LogP contribution < -0.4 is 10.1 Å². The standard InChI is InChI=1S/C16H13F3N4O3S/c1-8-4-10-11(6-20-8)23-15(22-10)27-7-14(25)21-9-2-3-13(12(24)5-9)26-16(17,18)19/h2-6,24H,7H2,1H3,(H,21,25)(H,22,23). The van der Waals surface area contributed by atoms with E-state index in [1.807, 2.05) is 13.0 Å². The normalized spacial score (nSPS) is 11.6. The molecule has 0 spiro atoms. The molecule has 0 radical (unpaired) electrons. The molecule has 0 atom stereocenters. The Hall–Kier alpha value is -2.95. The van der Waals surface area contributed by atoms with Crippen molar-refractivity contribution in [3.63, 3.8) is 0 Å². The molecule has 2 heterocycles. The van der Waals surface area contributed by atoms with Gasteiger partial charge in [0.15, 0.2) is 16.7 Å². The number of phenols is 1. The van der Waals surface area contributed by atoms with Crippen LogP contribution in [0.25, 0.3) is 11.0 Å². The molecule has 27 heavy (non-hydrogen) atoms. The van der Waals surface area contributed by atoms with Crippen LogP contribution in [-0.2, 0) is 4.79 Å². The molecule has 7 nitrogen and oxygen atoms in total.